The third-order valence-corrected chi connectivity index (χ3v) is 5.64. The van der Waals surface area contributed by atoms with E-state index in [0.29, 0.717) is 6.04 Å². The van der Waals surface area contributed by atoms with Crippen LogP contribution < -0.4 is 5.32 Å². The first kappa shape index (κ1) is 17.0. The maximum atomic E-state index is 4.79. The van der Waals surface area contributed by atoms with E-state index in [-0.39, 0.29) is 0 Å². The maximum absolute atomic E-state index is 4.79. The molecule has 1 fully saturated rings. The lowest BCUT2D eigenvalue weighted by Gasteiger charge is -2.16. The second kappa shape index (κ2) is 8.89. The van der Waals surface area contributed by atoms with Crippen molar-refractivity contribution in [1.29, 1.82) is 0 Å². The van der Waals surface area contributed by atoms with Crippen molar-refractivity contribution in [3.63, 3.8) is 0 Å². The summed E-state index contributed by atoms with van der Waals surface area (Å²) in [5, 5.41) is 5.13. The Balaban J connectivity index is 1.72. The first-order valence-electron chi connectivity index (χ1n) is 8.90. The summed E-state index contributed by atoms with van der Waals surface area (Å²) in [5.74, 6) is 0. The summed E-state index contributed by atoms with van der Waals surface area (Å²) < 4.78 is 0. The first-order chi connectivity index (χ1) is 10.2. The van der Waals surface area contributed by atoms with E-state index < -0.39 is 0 Å². The third-order valence-electron chi connectivity index (χ3n) is 4.45. The topological polar surface area (TPSA) is 24.9 Å². The molecule has 1 atom stereocenters. The van der Waals surface area contributed by atoms with Crippen molar-refractivity contribution in [2.24, 2.45) is 0 Å². The van der Waals surface area contributed by atoms with Crippen molar-refractivity contribution in [3.05, 3.63) is 15.6 Å². The van der Waals surface area contributed by atoms with Crippen LogP contribution in [0.4, 0.5) is 0 Å². The number of nitrogens with zero attached hydrogens (tertiary/aromatic N) is 1. The summed E-state index contributed by atoms with van der Waals surface area (Å²) >= 11 is 1.89. The van der Waals surface area contributed by atoms with Gasteiger partial charge in [-0.3, -0.25) is 0 Å². The molecule has 1 aliphatic carbocycles. The Labute approximate surface area is 134 Å². The Morgan fingerprint density at radius 1 is 1.10 bits per heavy atom. The van der Waals surface area contributed by atoms with Gasteiger partial charge in [-0.2, -0.15) is 0 Å². The molecule has 2 rings (SSSR count). The van der Waals surface area contributed by atoms with Gasteiger partial charge < -0.3 is 5.32 Å². The molecule has 1 N–H and O–H groups in total. The SMILES string of the molecule is CCCCCCCCCC(NC1CC1)c1nc(C)c(C)s1. The Kier molecular flexibility index (Phi) is 7.18. The number of aryl methyl sites for hydroxylation is 2. The van der Waals surface area contributed by atoms with Gasteiger partial charge in [0.05, 0.1) is 11.7 Å². The van der Waals surface area contributed by atoms with Crippen LogP contribution in [0, 0.1) is 13.8 Å². The number of hydrogen-bond acceptors (Lipinski definition) is 3. The molecule has 3 heteroatoms. The van der Waals surface area contributed by atoms with Crippen LogP contribution >= 0.6 is 11.3 Å². The Morgan fingerprint density at radius 3 is 2.33 bits per heavy atom. The molecule has 1 unspecified atom stereocenters. The normalized spacial score (nSPS) is 16.3. The highest BCUT2D eigenvalue weighted by molar-refractivity contribution is 7.11. The Morgan fingerprint density at radius 2 is 1.76 bits per heavy atom. The lowest BCUT2D eigenvalue weighted by atomic mass is 10.1. The van der Waals surface area contributed by atoms with Gasteiger partial charge in [-0.1, -0.05) is 51.9 Å². The molecule has 0 bridgehead atoms. The molecular formula is C18H32N2S. The zero-order valence-corrected chi connectivity index (χ0v) is 14.9. The van der Waals surface area contributed by atoms with E-state index in [0.717, 1.165) is 6.04 Å². The van der Waals surface area contributed by atoms with Crippen LogP contribution in [-0.4, -0.2) is 11.0 Å². The van der Waals surface area contributed by atoms with Gasteiger partial charge in [-0.15, -0.1) is 11.3 Å². The molecule has 0 spiro atoms. The molecule has 120 valence electrons. The molecule has 0 aromatic carbocycles. The zero-order valence-electron chi connectivity index (χ0n) is 14.1. The molecule has 0 radical (unpaired) electrons. The van der Waals surface area contributed by atoms with Gasteiger partial charge in [-0.05, 0) is 33.1 Å². The second-order valence-electron chi connectivity index (χ2n) is 6.60. The number of aromatic nitrogens is 1. The van der Waals surface area contributed by atoms with Crippen LogP contribution in [-0.2, 0) is 0 Å². The molecule has 1 aromatic rings. The van der Waals surface area contributed by atoms with Crippen molar-refractivity contribution in [1.82, 2.24) is 10.3 Å². The standard InChI is InChI=1S/C18H32N2S/c1-4-5-6-7-8-9-10-11-17(20-16-12-13-16)18-19-14(2)15(3)21-18/h16-17,20H,4-13H2,1-3H3. The fourth-order valence-corrected chi connectivity index (χ4v) is 3.78. The van der Waals surface area contributed by atoms with Crippen LogP contribution in [0.5, 0.6) is 0 Å². The van der Waals surface area contributed by atoms with Crippen molar-refractivity contribution >= 4 is 11.3 Å². The Bertz CT molecular complexity index is 390. The number of rotatable bonds is 11. The van der Waals surface area contributed by atoms with Gasteiger partial charge in [0.15, 0.2) is 0 Å². The van der Waals surface area contributed by atoms with Crippen LogP contribution in [0.2, 0.25) is 0 Å². The number of thiazole rings is 1. The van der Waals surface area contributed by atoms with Gasteiger partial charge in [0, 0.05) is 10.9 Å². The highest BCUT2D eigenvalue weighted by Gasteiger charge is 2.26. The quantitative estimate of drug-likeness (QED) is 0.531. The number of hydrogen-bond donors (Lipinski definition) is 1. The molecule has 1 saturated carbocycles. The zero-order chi connectivity index (χ0) is 15.1. The summed E-state index contributed by atoms with van der Waals surface area (Å²) in [5.41, 5.74) is 1.22. The monoisotopic (exact) mass is 308 g/mol. The average Bonchev–Trinajstić information content (AvgIpc) is 3.22. The van der Waals surface area contributed by atoms with Crippen LogP contribution in [0.1, 0.15) is 92.8 Å². The van der Waals surface area contributed by atoms with E-state index in [1.807, 2.05) is 11.3 Å². The minimum Gasteiger partial charge on any atom is -0.305 e. The summed E-state index contributed by atoms with van der Waals surface area (Å²) in [6.45, 7) is 6.61. The van der Waals surface area contributed by atoms with Crippen LogP contribution in [0.3, 0.4) is 0 Å². The highest BCUT2D eigenvalue weighted by atomic mass is 32.1. The van der Waals surface area contributed by atoms with Crippen molar-refractivity contribution < 1.29 is 0 Å². The lowest BCUT2D eigenvalue weighted by molar-refractivity contribution is 0.461. The number of nitrogens with one attached hydrogen (secondary N) is 1. The largest absolute Gasteiger partial charge is 0.305 e. The minimum absolute atomic E-state index is 0.505. The van der Waals surface area contributed by atoms with Crippen LogP contribution in [0.15, 0.2) is 0 Å². The first-order valence-corrected chi connectivity index (χ1v) is 9.72. The summed E-state index contributed by atoms with van der Waals surface area (Å²) in [4.78, 5) is 6.17. The van der Waals surface area contributed by atoms with Gasteiger partial charge in [-0.25, -0.2) is 4.98 Å². The van der Waals surface area contributed by atoms with E-state index in [1.54, 1.807) is 0 Å². The predicted octanol–water partition coefficient (Wildman–Crippen LogP) is 5.69. The Hall–Kier alpha value is -0.410. The summed E-state index contributed by atoms with van der Waals surface area (Å²) in [7, 11) is 0. The summed E-state index contributed by atoms with van der Waals surface area (Å²) in [6, 6.07) is 1.27. The third kappa shape index (κ3) is 6.07. The predicted molar refractivity (Wildman–Crippen MR) is 93.1 cm³/mol. The van der Waals surface area contributed by atoms with Crippen molar-refractivity contribution in [2.75, 3.05) is 0 Å². The van der Waals surface area contributed by atoms with E-state index in [2.05, 4.69) is 26.1 Å². The lowest BCUT2D eigenvalue weighted by Crippen LogP contribution is -2.23. The second-order valence-corrected chi connectivity index (χ2v) is 7.83. The van der Waals surface area contributed by atoms with E-state index in [9.17, 15) is 0 Å². The molecule has 2 nitrogen and oxygen atoms in total. The van der Waals surface area contributed by atoms with E-state index >= 15 is 0 Å². The molecule has 21 heavy (non-hydrogen) atoms. The van der Waals surface area contributed by atoms with Gasteiger partial charge in [0.25, 0.3) is 0 Å². The fraction of sp³-hybridized carbons (Fsp3) is 0.833. The maximum Gasteiger partial charge on any atom is 0.110 e. The van der Waals surface area contributed by atoms with Gasteiger partial charge >= 0.3 is 0 Å². The molecule has 0 aliphatic heterocycles. The molecule has 0 amide bonds. The van der Waals surface area contributed by atoms with Crippen molar-refractivity contribution in [2.45, 2.75) is 97.1 Å². The smallest absolute Gasteiger partial charge is 0.110 e. The summed E-state index contributed by atoms with van der Waals surface area (Å²) in [6.07, 6.45) is 13.7. The van der Waals surface area contributed by atoms with Crippen LogP contribution in [0.25, 0.3) is 0 Å². The molecule has 1 aliphatic rings. The molecule has 1 heterocycles. The van der Waals surface area contributed by atoms with Gasteiger partial charge in [0.2, 0.25) is 0 Å². The molecule has 0 saturated heterocycles. The number of unbranched alkanes of at least 4 members (excludes halogenated alkanes) is 6. The van der Waals surface area contributed by atoms with Gasteiger partial charge in [0.1, 0.15) is 5.01 Å². The van der Waals surface area contributed by atoms with E-state index in [4.69, 9.17) is 4.98 Å². The highest BCUT2D eigenvalue weighted by Crippen LogP contribution is 2.31. The van der Waals surface area contributed by atoms with E-state index in [1.165, 1.54) is 79.8 Å². The minimum atomic E-state index is 0.505. The van der Waals surface area contributed by atoms with Crippen molar-refractivity contribution in [3.8, 4) is 0 Å². The fourth-order valence-electron chi connectivity index (χ4n) is 2.76. The molecular weight excluding hydrogens is 276 g/mol. The molecule has 1 aromatic heterocycles. The average molecular weight is 309 g/mol.